The van der Waals surface area contributed by atoms with Gasteiger partial charge in [0, 0.05) is 11.1 Å². The highest BCUT2D eigenvalue weighted by Gasteiger charge is 2.52. The molecule has 0 unspecified atom stereocenters. The first-order valence-corrected chi connectivity index (χ1v) is 9.73. The van der Waals surface area contributed by atoms with E-state index in [1.807, 2.05) is 42.2 Å². The van der Waals surface area contributed by atoms with Crippen molar-refractivity contribution in [3.63, 3.8) is 0 Å². The lowest BCUT2D eigenvalue weighted by Crippen LogP contribution is -2.37. The zero-order valence-electron chi connectivity index (χ0n) is 15.3. The molecule has 1 heterocycles. The van der Waals surface area contributed by atoms with E-state index in [0.717, 1.165) is 12.0 Å². The molecule has 1 aliphatic heterocycles. The number of benzene rings is 2. The number of hydrogen-bond donors (Lipinski definition) is 1. The summed E-state index contributed by atoms with van der Waals surface area (Å²) in [6.45, 7) is 2.04. The van der Waals surface area contributed by atoms with Crippen LogP contribution in [0.1, 0.15) is 45.7 Å². The van der Waals surface area contributed by atoms with Crippen molar-refractivity contribution < 1.29 is 14.4 Å². The molecule has 0 radical (unpaired) electrons. The maximum Gasteiger partial charge on any atom is 0.239 e. The van der Waals surface area contributed by atoms with Crippen LogP contribution < -0.4 is 5.32 Å². The molecule has 1 amide bonds. The Morgan fingerprint density at radius 1 is 1.00 bits per heavy atom. The van der Waals surface area contributed by atoms with Crippen LogP contribution in [0.2, 0.25) is 0 Å². The third kappa shape index (κ3) is 2.92. The number of ketones is 2. The predicted molar refractivity (Wildman–Crippen MR) is 106 cm³/mol. The van der Waals surface area contributed by atoms with Gasteiger partial charge in [-0.05, 0) is 12.0 Å². The Morgan fingerprint density at radius 3 is 2.21 bits per heavy atom. The number of rotatable bonds is 5. The van der Waals surface area contributed by atoms with E-state index in [4.69, 9.17) is 11.6 Å². The molecule has 1 aliphatic carbocycles. The van der Waals surface area contributed by atoms with Crippen LogP contribution in [0.15, 0.2) is 66.0 Å². The molecule has 0 spiro atoms. The Hall–Kier alpha value is -2.92. The Kier molecular flexibility index (Phi) is 4.77. The van der Waals surface area contributed by atoms with Crippen LogP contribution in [0.5, 0.6) is 0 Å². The zero-order valence-corrected chi connectivity index (χ0v) is 16.1. The average molecular weight is 395 g/mol. The Balaban J connectivity index is 1.83. The molecule has 0 saturated carbocycles. The summed E-state index contributed by atoms with van der Waals surface area (Å²) in [6, 6.07) is 16.6. The standard InChI is InChI=1S/C22H19ClN2O3/c1-2-16-19(13-8-4-3-5-9-13)25(16)20-18(24-17(26)12-23)21(27)14-10-6-7-11-15(14)22(20)28/h3-11,16,19H,2,12H2,1H3,(H,24,26)/t16-,19+,25?/m0/s1. The molecule has 4 rings (SSSR count). The van der Waals surface area contributed by atoms with Crippen LogP contribution in [0.25, 0.3) is 0 Å². The Labute approximate surface area is 168 Å². The minimum absolute atomic E-state index is 0.00823. The van der Waals surface area contributed by atoms with Gasteiger partial charge >= 0.3 is 0 Å². The van der Waals surface area contributed by atoms with Gasteiger partial charge in [0.25, 0.3) is 0 Å². The van der Waals surface area contributed by atoms with Crippen LogP contribution in [0.3, 0.4) is 0 Å². The van der Waals surface area contributed by atoms with Crippen LogP contribution in [-0.4, -0.2) is 34.3 Å². The SMILES string of the molecule is CC[C@H]1[C@@H](c2ccccc2)N1C1=C(NC(=O)CCl)C(=O)c2ccccc2C1=O. The van der Waals surface area contributed by atoms with Crippen LogP contribution in [0.4, 0.5) is 0 Å². The van der Waals surface area contributed by atoms with Crippen LogP contribution in [0, 0.1) is 0 Å². The summed E-state index contributed by atoms with van der Waals surface area (Å²) in [5, 5.41) is 2.57. The van der Waals surface area contributed by atoms with E-state index in [1.165, 1.54) is 0 Å². The lowest BCUT2D eigenvalue weighted by molar-refractivity contribution is -0.118. The van der Waals surface area contributed by atoms with Crippen molar-refractivity contribution in [2.75, 3.05) is 5.88 Å². The number of amides is 1. The molecule has 2 atom stereocenters. The molecule has 0 aromatic heterocycles. The number of carbonyl (C=O) groups is 3. The minimum atomic E-state index is -0.513. The van der Waals surface area contributed by atoms with Gasteiger partial charge in [0.15, 0.2) is 0 Å². The minimum Gasteiger partial charge on any atom is -0.352 e. The van der Waals surface area contributed by atoms with Crippen molar-refractivity contribution >= 4 is 29.1 Å². The topological polar surface area (TPSA) is 66.2 Å². The Morgan fingerprint density at radius 2 is 1.61 bits per heavy atom. The highest BCUT2D eigenvalue weighted by atomic mass is 35.5. The molecule has 28 heavy (non-hydrogen) atoms. The molecular formula is C22H19ClN2O3. The van der Waals surface area contributed by atoms with Gasteiger partial charge < -0.3 is 10.2 Å². The lowest BCUT2D eigenvalue weighted by Gasteiger charge is -2.23. The molecule has 6 heteroatoms. The maximum atomic E-state index is 13.3. The number of carbonyl (C=O) groups excluding carboxylic acids is 3. The maximum absolute atomic E-state index is 13.3. The number of halogens is 1. The number of Topliss-reactive ketones (excluding diaryl/α,β-unsaturated/α-hetero) is 2. The van der Waals surface area contributed by atoms with Crippen LogP contribution in [-0.2, 0) is 4.79 Å². The first-order valence-electron chi connectivity index (χ1n) is 9.20. The molecule has 142 valence electrons. The smallest absolute Gasteiger partial charge is 0.239 e. The van der Waals surface area contributed by atoms with Gasteiger partial charge in [0.05, 0.1) is 12.1 Å². The third-order valence-electron chi connectivity index (χ3n) is 5.23. The van der Waals surface area contributed by atoms with E-state index in [0.29, 0.717) is 11.1 Å². The van der Waals surface area contributed by atoms with Gasteiger partial charge in [0.2, 0.25) is 17.5 Å². The number of alkyl halides is 1. The van der Waals surface area contributed by atoms with Gasteiger partial charge in [0.1, 0.15) is 17.3 Å². The van der Waals surface area contributed by atoms with E-state index in [9.17, 15) is 14.4 Å². The second-order valence-corrected chi connectivity index (χ2v) is 7.11. The first-order chi connectivity index (χ1) is 13.6. The van der Waals surface area contributed by atoms with E-state index in [1.54, 1.807) is 24.3 Å². The molecule has 1 saturated heterocycles. The number of allylic oxidation sites excluding steroid dienone is 2. The van der Waals surface area contributed by atoms with Gasteiger partial charge in [-0.3, -0.25) is 14.4 Å². The fraction of sp³-hybridized carbons (Fsp3) is 0.227. The van der Waals surface area contributed by atoms with Gasteiger partial charge in [-0.2, -0.15) is 0 Å². The summed E-state index contributed by atoms with van der Waals surface area (Å²) in [7, 11) is 0. The fourth-order valence-electron chi connectivity index (χ4n) is 3.94. The lowest BCUT2D eigenvalue weighted by atomic mass is 9.90. The van der Waals surface area contributed by atoms with Crippen molar-refractivity contribution in [1.82, 2.24) is 10.2 Å². The highest BCUT2D eigenvalue weighted by Crippen LogP contribution is 2.50. The molecule has 2 aromatic carbocycles. The molecule has 2 aromatic rings. The fourth-order valence-corrected chi connectivity index (χ4v) is 4.00. The predicted octanol–water partition coefficient (Wildman–Crippen LogP) is 3.47. The molecule has 1 N–H and O–H groups in total. The second kappa shape index (κ2) is 7.24. The van der Waals surface area contributed by atoms with E-state index < -0.39 is 5.91 Å². The third-order valence-corrected chi connectivity index (χ3v) is 5.47. The second-order valence-electron chi connectivity index (χ2n) is 6.85. The van der Waals surface area contributed by atoms with Gasteiger partial charge in [-0.15, -0.1) is 11.6 Å². The summed E-state index contributed by atoms with van der Waals surface area (Å²) in [5.41, 5.74) is 2.00. The van der Waals surface area contributed by atoms with Gasteiger partial charge in [-0.25, -0.2) is 0 Å². The van der Waals surface area contributed by atoms with E-state index >= 15 is 0 Å². The number of hydrogen-bond acceptors (Lipinski definition) is 4. The zero-order chi connectivity index (χ0) is 19.8. The normalized spacial score (nSPS) is 20.9. The van der Waals surface area contributed by atoms with Gasteiger partial charge in [-0.1, -0.05) is 61.5 Å². The number of nitrogens with zero attached hydrogens (tertiary/aromatic N) is 1. The van der Waals surface area contributed by atoms with Crippen molar-refractivity contribution in [1.29, 1.82) is 0 Å². The first kappa shape index (κ1) is 18.4. The van der Waals surface area contributed by atoms with E-state index in [-0.39, 0.29) is 40.9 Å². The molecule has 0 bridgehead atoms. The summed E-state index contributed by atoms with van der Waals surface area (Å²) in [6.07, 6.45) is 0.808. The van der Waals surface area contributed by atoms with Crippen molar-refractivity contribution in [2.24, 2.45) is 0 Å². The molecule has 5 nitrogen and oxygen atoms in total. The molecule has 1 fully saturated rings. The summed E-state index contributed by atoms with van der Waals surface area (Å²) >= 11 is 5.63. The summed E-state index contributed by atoms with van der Waals surface area (Å²) in [5.74, 6) is -1.42. The Bertz CT molecular complexity index is 1000. The quantitative estimate of drug-likeness (QED) is 0.623. The van der Waals surface area contributed by atoms with Crippen molar-refractivity contribution in [3.8, 4) is 0 Å². The largest absolute Gasteiger partial charge is 0.352 e. The monoisotopic (exact) mass is 394 g/mol. The van der Waals surface area contributed by atoms with Crippen molar-refractivity contribution in [3.05, 3.63) is 82.7 Å². The summed E-state index contributed by atoms with van der Waals surface area (Å²) < 4.78 is 0. The number of fused-ring (bicyclic) bond motifs is 1. The highest BCUT2D eigenvalue weighted by molar-refractivity contribution is 6.30. The average Bonchev–Trinajstić information content (AvgIpc) is 3.46. The number of nitrogens with one attached hydrogen (secondary N) is 1. The summed E-state index contributed by atoms with van der Waals surface area (Å²) in [4.78, 5) is 40.3. The van der Waals surface area contributed by atoms with Crippen molar-refractivity contribution in [2.45, 2.75) is 25.4 Å². The molecular weight excluding hydrogens is 376 g/mol. The molecule has 2 aliphatic rings. The van der Waals surface area contributed by atoms with E-state index in [2.05, 4.69) is 5.32 Å². The van der Waals surface area contributed by atoms with Crippen LogP contribution >= 0.6 is 11.6 Å².